The molecular weight excluding hydrogens is 290 g/mol. The summed E-state index contributed by atoms with van der Waals surface area (Å²) in [6.45, 7) is 4.11. The number of nitrogens with one attached hydrogen (secondary N) is 1. The Hall–Kier alpha value is -0.390. The first-order valence-corrected chi connectivity index (χ1v) is 6.81. The van der Waals surface area contributed by atoms with Crippen LogP contribution in [0.5, 0.6) is 0 Å². The van der Waals surface area contributed by atoms with E-state index in [9.17, 15) is 4.79 Å². The minimum absolute atomic E-state index is 0.0174. The lowest BCUT2D eigenvalue weighted by atomic mass is 10.0. The Morgan fingerprint density at radius 2 is 2.25 bits per heavy atom. The zero-order valence-corrected chi connectivity index (χ0v) is 11.8. The second kappa shape index (κ2) is 6.37. The van der Waals surface area contributed by atoms with Crippen LogP contribution in [0.25, 0.3) is 0 Å². The fourth-order valence-corrected chi connectivity index (χ4v) is 2.73. The van der Waals surface area contributed by atoms with Gasteiger partial charge in [0.2, 0.25) is 0 Å². The molecule has 0 saturated heterocycles. The van der Waals surface area contributed by atoms with Crippen LogP contribution in [-0.4, -0.2) is 23.7 Å². The molecule has 1 aromatic rings. The second-order valence-corrected chi connectivity index (χ2v) is 6.55. The Balaban J connectivity index is 2.55. The Bertz CT molecular complexity index is 352. The van der Waals surface area contributed by atoms with Gasteiger partial charge < -0.3 is 10.4 Å². The van der Waals surface area contributed by atoms with Gasteiger partial charge in [-0.15, -0.1) is 11.3 Å². The summed E-state index contributed by atoms with van der Waals surface area (Å²) in [6.07, 6.45) is 0.786. The number of carbonyl (C=O) groups is 1. The van der Waals surface area contributed by atoms with Crippen molar-refractivity contribution >= 4 is 33.2 Å². The zero-order chi connectivity index (χ0) is 12.1. The molecule has 16 heavy (non-hydrogen) atoms. The van der Waals surface area contributed by atoms with Crippen LogP contribution in [-0.2, 0) is 0 Å². The highest BCUT2D eigenvalue weighted by atomic mass is 79.9. The van der Waals surface area contributed by atoms with Gasteiger partial charge in [-0.3, -0.25) is 4.79 Å². The quantitative estimate of drug-likeness (QED) is 0.878. The zero-order valence-electron chi connectivity index (χ0n) is 9.37. The Morgan fingerprint density at radius 1 is 1.56 bits per heavy atom. The molecule has 1 atom stereocenters. The summed E-state index contributed by atoms with van der Waals surface area (Å²) in [5, 5.41) is 12.0. The van der Waals surface area contributed by atoms with Crippen LogP contribution < -0.4 is 5.32 Å². The third-order valence-electron chi connectivity index (χ3n) is 2.11. The molecule has 0 aliphatic rings. The molecule has 1 heterocycles. The standard InChI is InChI=1S/C11H16BrNO2S/c1-7(2)5-8(6-14)13-11(15)9-3-4-10(12)16-9/h3-4,7-8,14H,5-6H2,1-2H3,(H,13,15)/t8-/m0/s1. The van der Waals surface area contributed by atoms with Crippen molar-refractivity contribution in [1.29, 1.82) is 0 Å². The van der Waals surface area contributed by atoms with E-state index < -0.39 is 0 Å². The van der Waals surface area contributed by atoms with Gasteiger partial charge in [0.25, 0.3) is 5.91 Å². The fourth-order valence-electron chi connectivity index (χ4n) is 1.44. The van der Waals surface area contributed by atoms with E-state index in [2.05, 4.69) is 35.1 Å². The number of hydrogen-bond donors (Lipinski definition) is 2. The maximum atomic E-state index is 11.8. The summed E-state index contributed by atoms with van der Waals surface area (Å²) >= 11 is 4.70. The molecule has 0 fully saturated rings. The van der Waals surface area contributed by atoms with Gasteiger partial charge in [-0.25, -0.2) is 0 Å². The van der Waals surface area contributed by atoms with Crippen LogP contribution in [0.4, 0.5) is 0 Å². The first-order valence-electron chi connectivity index (χ1n) is 5.20. The van der Waals surface area contributed by atoms with Gasteiger partial charge in [0.05, 0.1) is 21.3 Å². The summed E-state index contributed by atoms with van der Waals surface area (Å²) in [7, 11) is 0. The molecule has 0 radical (unpaired) electrons. The minimum atomic E-state index is -0.159. The molecule has 0 aliphatic heterocycles. The number of hydrogen-bond acceptors (Lipinski definition) is 3. The van der Waals surface area contributed by atoms with Gasteiger partial charge in [-0.1, -0.05) is 13.8 Å². The van der Waals surface area contributed by atoms with Crippen molar-refractivity contribution in [2.45, 2.75) is 26.3 Å². The van der Waals surface area contributed by atoms with E-state index in [1.165, 1.54) is 11.3 Å². The molecule has 0 spiro atoms. The molecule has 1 rings (SSSR count). The highest BCUT2D eigenvalue weighted by Gasteiger charge is 2.15. The summed E-state index contributed by atoms with van der Waals surface area (Å²) < 4.78 is 0.932. The maximum Gasteiger partial charge on any atom is 0.261 e. The lowest BCUT2D eigenvalue weighted by molar-refractivity contribution is 0.0912. The van der Waals surface area contributed by atoms with Crippen LogP contribution in [0, 0.1) is 5.92 Å². The first kappa shape index (κ1) is 13.7. The van der Waals surface area contributed by atoms with Crippen molar-refractivity contribution in [3.05, 3.63) is 20.8 Å². The minimum Gasteiger partial charge on any atom is -0.394 e. The molecule has 0 bridgehead atoms. The highest BCUT2D eigenvalue weighted by molar-refractivity contribution is 9.11. The number of thiophene rings is 1. The summed E-state index contributed by atoms with van der Waals surface area (Å²) in [6, 6.07) is 3.46. The molecule has 0 aliphatic carbocycles. The molecular formula is C11H16BrNO2S. The summed E-state index contributed by atoms with van der Waals surface area (Å²) in [5.41, 5.74) is 0. The van der Waals surface area contributed by atoms with E-state index >= 15 is 0 Å². The normalized spacial score (nSPS) is 12.8. The van der Waals surface area contributed by atoms with Gasteiger partial charge in [0.15, 0.2) is 0 Å². The fraction of sp³-hybridized carbons (Fsp3) is 0.545. The Kier molecular flexibility index (Phi) is 5.44. The van der Waals surface area contributed by atoms with Crippen LogP contribution in [0.3, 0.4) is 0 Å². The first-order chi connectivity index (χ1) is 7.52. The average Bonchev–Trinajstić information content (AvgIpc) is 2.63. The molecule has 0 saturated carbocycles. The van der Waals surface area contributed by atoms with Crippen molar-refractivity contribution in [3.8, 4) is 0 Å². The van der Waals surface area contributed by atoms with E-state index in [0.717, 1.165) is 10.2 Å². The van der Waals surface area contributed by atoms with Crippen LogP contribution >= 0.6 is 27.3 Å². The van der Waals surface area contributed by atoms with Crippen molar-refractivity contribution < 1.29 is 9.90 Å². The predicted molar refractivity (Wildman–Crippen MR) is 69.8 cm³/mol. The van der Waals surface area contributed by atoms with Gasteiger partial charge in [-0.2, -0.15) is 0 Å². The maximum absolute atomic E-state index is 11.8. The topological polar surface area (TPSA) is 49.3 Å². The van der Waals surface area contributed by atoms with Crippen molar-refractivity contribution in [1.82, 2.24) is 5.32 Å². The van der Waals surface area contributed by atoms with Crippen molar-refractivity contribution in [2.75, 3.05) is 6.61 Å². The summed E-state index contributed by atoms with van der Waals surface area (Å²) in [4.78, 5) is 12.4. The monoisotopic (exact) mass is 305 g/mol. The third-order valence-corrected chi connectivity index (χ3v) is 3.73. The molecule has 90 valence electrons. The average molecular weight is 306 g/mol. The molecule has 0 aromatic carbocycles. The van der Waals surface area contributed by atoms with Crippen molar-refractivity contribution in [2.24, 2.45) is 5.92 Å². The number of halogens is 1. The third kappa shape index (κ3) is 4.23. The largest absolute Gasteiger partial charge is 0.394 e. The van der Waals surface area contributed by atoms with Gasteiger partial charge in [0, 0.05) is 0 Å². The van der Waals surface area contributed by atoms with Crippen LogP contribution in [0.1, 0.15) is 29.9 Å². The second-order valence-electron chi connectivity index (χ2n) is 4.09. The smallest absolute Gasteiger partial charge is 0.261 e. The van der Waals surface area contributed by atoms with Crippen molar-refractivity contribution in [3.63, 3.8) is 0 Å². The molecule has 0 unspecified atom stereocenters. The molecule has 5 heteroatoms. The predicted octanol–water partition coefficient (Wildman–Crippen LogP) is 2.65. The molecule has 2 N–H and O–H groups in total. The molecule has 1 amide bonds. The van der Waals surface area contributed by atoms with E-state index in [-0.39, 0.29) is 18.6 Å². The lowest BCUT2D eigenvalue weighted by Gasteiger charge is -2.17. The highest BCUT2D eigenvalue weighted by Crippen LogP contribution is 2.22. The van der Waals surface area contributed by atoms with Gasteiger partial charge >= 0.3 is 0 Å². The van der Waals surface area contributed by atoms with E-state index in [4.69, 9.17) is 5.11 Å². The number of amides is 1. The van der Waals surface area contributed by atoms with E-state index in [1.807, 2.05) is 6.07 Å². The number of aliphatic hydroxyl groups excluding tert-OH is 1. The Labute approximate surface area is 108 Å². The van der Waals surface area contributed by atoms with Gasteiger partial charge in [0.1, 0.15) is 0 Å². The van der Waals surface area contributed by atoms with Crippen LogP contribution in [0.2, 0.25) is 0 Å². The Morgan fingerprint density at radius 3 is 2.69 bits per heavy atom. The molecule has 1 aromatic heterocycles. The lowest BCUT2D eigenvalue weighted by Crippen LogP contribution is -2.38. The number of rotatable bonds is 5. The number of aliphatic hydroxyl groups is 1. The van der Waals surface area contributed by atoms with E-state index in [0.29, 0.717) is 10.8 Å². The summed E-state index contributed by atoms with van der Waals surface area (Å²) in [5.74, 6) is 0.336. The van der Waals surface area contributed by atoms with E-state index in [1.54, 1.807) is 6.07 Å². The van der Waals surface area contributed by atoms with Crippen LogP contribution in [0.15, 0.2) is 15.9 Å². The SMILES string of the molecule is CC(C)C[C@@H](CO)NC(=O)c1ccc(Br)s1. The molecule has 3 nitrogen and oxygen atoms in total. The van der Waals surface area contributed by atoms with Gasteiger partial charge in [-0.05, 0) is 40.4 Å². The number of carbonyl (C=O) groups excluding carboxylic acids is 1.